The Morgan fingerprint density at radius 2 is 1.07 bits per heavy atom. The molecule has 0 aromatic heterocycles. The average molecular weight is 196 g/mol. The average Bonchev–Trinajstić information content (AvgIpc) is 1.98. The first-order valence-electron chi connectivity index (χ1n) is 5.52. The van der Waals surface area contributed by atoms with Gasteiger partial charge in [0.25, 0.3) is 0 Å². The van der Waals surface area contributed by atoms with Gasteiger partial charge in [-0.2, -0.15) is 0 Å². The molecule has 0 radical (unpaired) electrons. The number of hydrogen-bond donors (Lipinski definition) is 4. The van der Waals surface area contributed by atoms with Crippen molar-refractivity contribution < 1.29 is 0 Å². The van der Waals surface area contributed by atoms with Crippen LogP contribution in [0.2, 0.25) is 0 Å². The van der Waals surface area contributed by atoms with E-state index < -0.39 is 16.7 Å². The summed E-state index contributed by atoms with van der Waals surface area (Å²) >= 11 is 0. The Hall–Kier alpha value is -0.160. The Morgan fingerprint density at radius 1 is 0.714 bits per heavy atom. The predicted molar refractivity (Wildman–Crippen MR) is 55.0 cm³/mol. The third kappa shape index (κ3) is 0.795. The molecule has 0 aliphatic heterocycles. The van der Waals surface area contributed by atoms with E-state index in [1.165, 1.54) is 6.42 Å². The molecule has 4 bridgehead atoms. The van der Waals surface area contributed by atoms with Crippen molar-refractivity contribution >= 4 is 0 Å². The van der Waals surface area contributed by atoms with E-state index in [1.807, 2.05) is 0 Å². The second kappa shape index (κ2) is 2.16. The summed E-state index contributed by atoms with van der Waals surface area (Å²) < 4.78 is 0. The van der Waals surface area contributed by atoms with E-state index in [9.17, 15) is 0 Å². The second-order valence-corrected chi connectivity index (χ2v) is 5.97. The third-order valence-corrected chi connectivity index (χ3v) is 4.93. The third-order valence-electron chi connectivity index (χ3n) is 4.93. The molecule has 4 fully saturated rings. The molecule has 0 saturated heterocycles. The SMILES string of the molecule is NC12CC3CC(C1)CC(N)(C3)C2(N)N. The molecule has 80 valence electrons. The molecule has 0 heterocycles. The van der Waals surface area contributed by atoms with Crippen LogP contribution in [0.5, 0.6) is 0 Å². The molecule has 0 aromatic carbocycles. The molecular weight excluding hydrogens is 176 g/mol. The van der Waals surface area contributed by atoms with Gasteiger partial charge in [-0.05, 0) is 43.9 Å². The monoisotopic (exact) mass is 196 g/mol. The Labute approximate surface area is 84.4 Å². The van der Waals surface area contributed by atoms with E-state index in [0.29, 0.717) is 11.8 Å². The fourth-order valence-electron chi connectivity index (χ4n) is 4.35. The van der Waals surface area contributed by atoms with Gasteiger partial charge in [-0.15, -0.1) is 0 Å². The van der Waals surface area contributed by atoms with Gasteiger partial charge in [0.05, 0.1) is 0 Å². The molecule has 4 aliphatic rings. The molecule has 4 heteroatoms. The van der Waals surface area contributed by atoms with E-state index in [-0.39, 0.29) is 0 Å². The van der Waals surface area contributed by atoms with Gasteiger partial charge < -0.3 is 22.9 Å². The fraction of sp³-hybridized carbons (Fsp3) is 1.00. The summed E-state index contributed by atoms with van der Waals surface area (Å²) in [6, 6.07) is 0. The minimum Gasteiger partial charge on any atom is -0.322 e. The van der Waals surface area contributed by atoms with Crippen LogP contribution in [0.4, 0.5) is 0 Å². The lowest BCUT2D eigenvalue weighted by atomic mass is 9.45. The molecule has 0 spiro atoms. The molecule has 4 rings (SSSR count). The van der Waals surface area contributed by atoms with Gasteiger partial charge in [0.2, 0.25) is 0 Å². The largest absolute Gasteiger partial charge is 0.322 e. The smallest absolute Gasteiger partial charge is 0.101 e. The molecule has 0 atom stereocenters. The minimum atomic E-state index is -0.868. The highest BCUT2D eigenvalue weighted by Gasteiger charge is 2.66. The Morgan fingerprint density at radius 3 is 1.43 bits per heavy atom. The highest BCUT2D eigenvalue weighted by atomic mass is 15.2. The van der Waals surface area contributed by atoms with Gasteiger partial charge >= 0.3 is 0 Å². The summed E-state index contributed by atoms with van der Waals surface area (Å²) in [7, 11) is 0. The molecule has 0 unspecified atom stereocenters. The fourth-order valence-corrected chi connectivity index (χ4v) is 4.35. The van der Waals surface area contributed by atoms with Crippen LogP contribution in [0.1, 0.15) is 32.1 Å². The Kier molecular flexibility index (Phi) is 1.41. The molecule has 4 aliphatic carbocycles. The zero-order chi connectivity index (χ0) is 10.2. The van der Waals surface area contributed by atoms with Gasteiger partial charge in [0.15, 0.2) is 0 Å². The van der Waals surface area contributed by atoms with Crippen LogP contribution in [0.25, 0.3) is 0 Å². The zero-order valence-corrected chi connectivity index (χ0v) is 8.50. The van der Waals surface area contributed by atoms with Gasteiger partial charge in [-0.25, -0.2) is 0 Å². The van der Waals surface area contributed by atoms with Crippen molar-refractivity contribution in [3.8, 4) is 0 Å². The van der Waals surface area contributed by atoms with E-state index in [1.54, 1.807) is 0 Å². The first kappa shape index (κ1) is 9.09. The summed E-state index contributed by atoms with van der Waals surface area (Å²) in [5.41, 5.74) is 23.4. The standard InChI is InChI=1S/C10H20N4/c11-8-2-6-1-7(4-8)5-9(12,3-6)10(8,13)14/h6-7H,1-5,11-14H2. The maximum absolute atomic E-state index is 6.35. The van der Waals surface area contributed by atoms with Gasteiger partial charge in [-0.3, -0.25) is 0 Å². The first-order valence-corrected chi connectivity index (χ1v) is 5.52. The van der Waals surface area contributed by atoms with Crippen LogP contribution in [0, 0.1) is 11.8 Å². The second-order valence-electron chi connectivity index (χ2n) is 5.97. The van der Waals surface area contributed by atoms with E-state index in [4.69, 9.17) is 22.9 Å². The minimum absolute atomic E-state index is 0.411. The topological polar surface area (TPSA) is 104 Å². The Balaban J connectivity index is 2.10. The molecular formula is C10H20N4. The maximum Gasteiger partial charge on any atom is 0.101 e. The van der Waals surface area contributed by atoms with Crippen molar-refractivity contribution in [2.45, 2.75) is 48.8 Å². The van der Waals surface area contributed by atoms with Gasteiger partial charge in [0.1, 0.15) is 5.66 Å². The van der Waals surface area contributed by atoms with Gasteiger partial charge in [-0.1, -0.05) is 0 Å². The lowest BCUT2D eigenvalue weighted by Gasteiger charge is -2.67. The summed E-state index contributed by atoms with van der Waals surface area (Å²) in [5, 5.41) is 0. The maximum atomic E-state index is 6.35. The molecule has 14 heavy (non-hydrogen) atoms. The summed E-state index contributed by atoms with van der Waals surface area (Å²) in [5.74, 6) is 1.33. The zero-order valence-electron chi connectivity index (χ0n) is 8.50. The molecule has 4 nitrogen and oxygen atoms in total. The van der Waals surface area contributed by atoms with E-state index in [0.717, 1.165) is 25.7 Å². The summed E-state index contributed by atoms with van der Waals surface area (Å²) in [4.78, 5) is 0. The highest BCUT2D eigenvalue weighted by molar-refractivity contribution is 5.26. The van der Waals surface area contributed by atoms with Crippen LogP contribution < -0.4 is 22.9 Å². The number of hydrogen-bond acceptors (Lipinski definition) is 4. The van der Waals surface area contributed by atoms with Crippen molar-refractivity contribution in [1.29, 1.82) is 0 Å². The van der Waals surface area contributed by atoms with Crippen molar-refractivity contribution in [3.63, 3.8) is 0 Å². The van der Waals surface area contributed by atoms with Crippen LogP contribution >= 0.6 is 0 Å². The highest BCUT2D eigenvalue weighted by Crippen LogP contribution is 2.57. The predicted octanol–water partition coefficient (Wildman–Crippen LogP) is -0.781. The summed E-state index contributed by atoms with van der Waals surface area (Å²) in [6.07, 6.45) is 5.16. The first-order chi connectivity index (χ1) is 6.36. The van der Waals surface area contributed by atoms with Crippen molar-refractivity contribution in [1.82, 2.24) is 0 Å². The van der Waals surface area contributed by atoms with Crippen LogP contribution in [-0.4, -0.2) is 16.7 Å². The molecule has 0 aromatic rings. The van der Waals surface area contributed by atoms with Crippen LogP contribution in [0.3, 0.4) is 0 Å². The quantitative estimate of drug-likeness (QED) is 0.381. The van der Waals surface area contributed by atoms with Crippen LogP contribution in [0.15, 0.2) is 0 Å². The lowest BCUT2D eigenvalue weighted by molar-refractivity contribution is -0.0875. The van der Waals surface area contributed by atoms with E-state index >= 15 is 0 Å². The van der Waals surface area contributed by atoms with Crippen molar-refractivity contribution in [2.24, 2.45) is 34.8 Å². The normalized spacial score (nSPS) is 59.1. The van der Waals surface area contributed by atoms with Crippen molar-refractivity contribution in [2.75, 3.05) is 0 Å². The number of nitrogens with two attached hydrogens (primary N) is 4. The van der Waals surface area contributed by atoms with E-state index in [2.05, 4.69) is 0 Å². The Bertz CT molecular complexity index is 248. The molecule has 4 saturated carbocycles. The van der Waals surface area contributed by atoms with Gasteiger partial charge in [0, 0.05) is 11.1 Å². The summed E-state index contributed by atoms with van der Waals surface area (Å²) in [6.45, 7) is 0. The lowest BCUT2D eigenvalue weighted by Crippen LogP contribution is -2.90. The molecule has 8 N–H and O–H groups in total. The number of rotatable bonds is 0. The van der Waals surface area contributed by atoms with Crippen molar-refractivity contribution in [3.05, 3.63) is 0 Å². The molecule has 0 amide bonds. The van der Waals surface area contributed by atoms with Crippen LogP contribution in [-0.2, 0) is 0 Å².